The zero-order valence-corrected chi connectivity index (χ0v) is 12.2. The van der Waals surface area contributed by atoms with Crippen molar-refractivity contribution in [2.75, 3.05) is 0 Å². The Labute approximate surface area is 114 Å². The van der Waals surface area contributed by atoms with Gasteiger partial charge in [-0.15, -0.1) is 0 Å². The molecule has 1 N–H and O–H groups in total. The van der Waals surface area contributed by atoms with Gasteiger partial charge in [-0.1, -0.05) is 12.1 Å². The van der Waals surface area contributed by atoms with Gasteiger partial charge in [0, 0.05) is 6.04 Å². The van der Waals surface area contributed by atoms with Crippen LogP contribution in [0.5, 0.6) is 0 Å². The Kier molecular flexibility index (Phi) is 4.79. The molecule has 0 saturated heterocycles. The van der Waals surface area contributed by atoms with Crippen LogP contribution in [0.4, 0.5) is 13.2 Å². The molecule has 0 aliphatic carbocycles. The van der Waals surface area contributed by atoms with E-state index in [0.29, 0.717) is 5.56 Å². The molecule has 0 amide bonds. The summed E-state index contributed by atoms with van der Waals surface area (Å²) in [5.74, 6) is 0. The number of hydrogen-bond acceptors (Lipinski definition) is 1. The second-order valence-electron chi connectivity index (χ2n) is 5.34. The zero-order chi connectivity index (χ0) is 14.8. The smallest absolute Gasteiger partial charge is 0.242 e. The average Bonchev–Trinajstić information content (AvgIpc) is 2.26. The lowest BCUT2D eigenvalue weighted by atomic mass is 10.1. The lowest BCUT2D eigenvalue weighted by molar-refractivity contribution is -0.137. The summed E-state index contributed by atoms with van der Waals surface area (Å²) in [6, 6.07) is 4.64. The van der Waals surface area contributed by atoms with Gasteiger partial charge in [0.15, 0.2) is 0 Å². The maximum Gasteiger partial charge on any atom is 0.416 e. The first-order valence-electron chi connectivity index (χ1n) is 5.87. The lowest BCUT2D eigenvalue weighted by Crippen LogP contribution is -2.34. The summed E-state index contributed by atoms with van der Waals surface area (Å²) in [7, 11) is -1.33. The van der Waals surface area contributed by atoms with Crippen molar-refractivity contribution in [1.82, 2.24) is 4.72 Å². The van der Waals surface area contributed by atoms with E-state index in [1.165, 1.54) is 6.07 Å². The van der Waals surface area contributed by atoms with E-state index < -0.39 is 33.5 Å². The third-order valence-electron chi connectivity index (χ3n) is 2.55. The van der Waals surface area contributed by atoms with Crippen molar-refractivity contribution in [3.63, 3.8) is 0 Å². The number of hydrogen-bond donors (Lipinski definition) is 1. The molecular formula is C13H18F3NOS. The minimum absolute atomic E-state index is 0.414. The SMILES string of the molecule is C[C@@H](N[S@](=O)C(C)(C)C)c1cccc(C(F)(F)F)c1. The van der Waals surface area contributed by atoms with Crippen LogP contribution in [0.2, 0.25) is 0 Å². The number of halogens is 3. The molecule has 6 heteroatoms. The highest BCUT2D eigenvalue weighted by molar-refractivity contribution is 7.84. The molecule has 0 heterocycles. The van der Waals surface area contributed by atoms with Gasteiger partial charge < -0.3 is 0 Å². The molecule has 19 heavy (non-hydrogen) atoms. The number of alkyl halides is 3. The van der Waals surface area contributed by atoms with Crippen LogP contribution in [0.1, 0.15) is 44.9 Å². The highest BCUT2D eigenvalue weighted by atomic mass is 32.2. The number of benzene rings is 1. The molecule has 0 unspecified atom stereocenters. The average molecular weight is 293 g/mol. The molecular weight excluding hydrogens is 275 g/mol. The van der Waals surface area contributed by atoms with Crippen molar-refractivity contribution in [1.29, 1.82) is 0 Å². The Morgan fingerprint density at radius 1 is 1.21 bits per heavy atom. The molecule has 0 bridgehead atoms. The van der Waals surface area contributed by atoms with Gasteiger partial charge in [-0.2, -0.15) is 13.2 Å². The topological polar surface area (TPSA) is 29.1 Å². The highest BCUT2D eigenvalue weighted by Crippen LogP contribution is 2.30. The third-order valence-corrected chi connectivity index (χ3v) is 4.23. The van der Waals surface area contributed by atoms with Gasteiger partial charge in [0.05, 0.1) is 21.3 Å². The molecule has 2 atom stereocenters. The Morgan fingerprint density at radius 3 is 2.26 bits per heavy atom. The summed E-state index contributed by atoms with van der Waals surface area (Å²) >= 11 is 0. The van der Waals surface area contributed by atoms with Crippen molar-refractivity contribution >= 4 is 11.0 Å². The molecule has 0 aliphatic heterocycles. The van der Waals surface area contributed by atoms with Crippen LogP contribution in [0.15, 0.2) is 24.3 Å². The summed E-state index contributed by atoms with van der Waals surface area (Å²) in [4.78, 5) is 0. The fourth-order valence-corrected chi connectivity index (χ4v) is 2.20. The van der Waals surface area contributed by atoms with Gasteiger partial charge in [-0.3, -0.25) is 0 Å². The third kappa shape index (κ3) is 4.62. The van der Waals surface area contributed by atoms with Gasteiger partial charge in [-0.05, 0) is 45.4 Å². The monoisotopic (exact) mass is 293 g/mol. The van der Waals surface area contributed by atoms with Gasteiger partial charge in [0.2, 0.25) is 0 Å². The van der Waals surface area contributed by atoms with Crippen molar-refractivity contribution < 1.29 is 17.4 Å². The second kappa shape index (κ2) is 5.63. The largest absolute Gasteiger partial charge is 0.416 e. The van der Waals surface area contributed by atoms with Crippen molar-refractivity contribution in [2.45, 2.75) is 44.7 Å². The van der Waals surface area contributed by atoms with Crippen molar-refractivity contribution in [2.24, 2.45) is 0 Å². The van der Waals surface area contributed by atoms with Gasteiger partial charge >= 0.3 is 6.18 Å². The van der Waals surface area contributed by atoms with Crippen LogP contribution in [-0.4, -0.2) is 8.96 Å². The van der Waals surface area contributed by atoms with Crippen LogP contribution in [0.3, 0.4) is 0 Å². The van der Waals surface area contributed by atoms with E-state index in [-0.39, 0.29) is 0 Å². The predicted octanol–water partition coefficient (Wildman–Crippen LogP) is 3.82. The lowest BCUT2D eigenvalue weighted by Gasteiger charge is -2.22. The molecule has 0 saturated carbocycles. The van der Waals surface area contributed by atoms with E-state index in [1.54, 1.807) is 33.8 Å². The molecule has 1 rings (SSSR count). The minimum atomic E-state index is -4.36. The molecule has 108 valence electrons. The first-order valence-corrected chi connectivity index (χ1v) is 7.02. The minimum Gasteiger partial charge on any atom is -0.242 e. The first kappa shape index (κ1) is 16.2. The molecule has 0 aliphatic rings. The molecule has 2 nitrogen and oxygen atoms in total. The Bertz CT molecular complexity index is 466. The quantitative estimate of drug-likeness (QED) is 0.902. The van der Waals surface area contributed by atoms with E-state index in [4.69, 9.17) is 0 Å². The molecule has 0 aromatic heterocycles. The normalized spacial score (nSPS) is 16.2. The summed E-state index contributed by atoms with van der Waals surface area (Å²) < 4.78 is 52.1. The molecule has 0 spiro atoms. The van der Waals surface area contributed by atoms with E-state index in [1.807, 2.05) is 0 Å². The number of rotatable bonds is 3. The second-order valence-corrected chi connectivity index (χ2v) is 7.34. The van der Waals surface area contributed by atoms with E-state index in [9.17, 15) is 17.4 Å². The molecule has 1 aromatic carbocycles. The van der Waals surface area contributed by atoms with E-state index in [0.717, 1.165) is 12.1 Å². The van der Waals surface area contributed by atoms with Crippen molar-refractivity contribution in [3.8, 4) is 0 Å². The summed E-state index contributed by atoms with van der Waals surface area (Å²) in [6.07, 6.45) is -4.36. The molecule has 0 fully saturated rings. The summed E-state index contributed by atoms with van der Waals surface area (Å²) in [5, 5.41) is 0. The maximum atomic E-state index is 12.6. The van der Waals surface area contributed by atoms with Crippen LogP contribution >= 0.6 is 0 Å². The fourth-order valence-electron chi connectivity index (χ4n) is 1.39. The van der Waals surface area contributed by atoms with Crippen LogP contribution in [0.25, 0.3) is 0 Å². The molecule has 1 aromatic rings. The predicted molar refractivity (Wildman–Crippen MR) is 70.9 cm³/mol. The van der Waals surface area contributed by atoms with Gasteiger partial charge in [-0.25, -0.2) is 8.93 Å². The number of nitrogens with one attached hydrogen (secondary N) is 1. The standard InChI is InChI=1S/C13H18F3NOS/c1-9(17-19(18)12(2,3)4)10-6-5-7-11(8-10)13(14,15)16/h5-9,17H,1-4H3/t9-,19-/m1/s1. The van der Waals surface area contributed by atoms with Crippen molar-refractivity contribution in [3.05, 3.63) is 35.4 Å². The Balaban J connectivity index is 2.89. The highest BCUT2D eigenvalue weighted by Gasteiger charge is 2.31. The fraction of sp³-hybridized carbons (Fsp3) is 0.538. The van der Waals surface area contributed by atoms with Crippen LogP contribution < -0.4 is 4.72 Å². The summed E-state index contributed by atoms with van der Waals surface area (Å²) in [6.45, 7) is 7.10. The van der Waals surface area contributed by atoms with E-state index in [2.05, 4.69) is 4.72 Å². The van der Waals surface area contributed by atoms with Crippen LogP contribution in [0, 0.1) is 0 Å². The van der Waals surface area contributed by atoms with Crippen LogP contribution in [-0.2, 0) is 17.2 Å². The van der Waals surface area contributed by atoms with E-state index >= 15 is 0 Å². The Morgan fingerprint density at radius 2 is 1.79 bits per heavy atom. The zero-order valence-electron chi connectivity index (χ0n) is 11.3. The maximum absolute atomic E-state index is 12.6. The van der Waals surface area contributed by atoms with Gasteiger partial charge in [0.25, 0.3) is 0 Å². The Hall–Kier alpha value is -0.880. The van der Waals surface area contributed by atoms with Gasteiger partial charge in [0.1, 0.15) is 0 Å². The first-order chi connectivity index (χ1) is 8.51. The summed E-state index contributed by atoms with van der Waals surface area (Å²) in [5.41, 5.74) is -0.229. The molecule has 0 radical (unpaired) electrons.